The number of nitrogens with two attached hydrogens (primary N) is 1. The van der Waals surface area contributed by atoms with E-state index in [1.807, 2.05) is 0 Å². The van der Waals surface area contributed by atoms with Crippen molar-refractivity contribution in [2.24, 2.45) is 17.6 Å². The minimum Gasteiger partial charge on any atom is -0.396 e. The van der Waals surface area contributed by atoms with Gasteiger partial charge in [-0.15, -0.1) is 0 Å². The molecule has 0 aromatic rings. The highest BCUT2D eigenvalue weighted by Crippen LogP contribution is 2.33. The first-order chi connectivity index (χ1) is 7.69. The summed E-state index contributed by atoms with van der Waals surface area (Å²) in [6.45, 7) is 0.686. The molecule has 0 saturated heterocycles. The van der Waals surface area contributed by atoms with E-state index in [2.05, 4.69) is 0 Å². The van der Waals surface area contributed by atoms with Crippen molar-refractivity contribution in [3.8, 4) is 0 Å². The molecular weight excluding hydrogens is 206 g/mol. The third kappa shape index (κ3) is 3.85. The highest BCUT2D eigenvalue weighted by atomic mass is 16.3. The van der Waals surface area contributed by atoms with Crippen LogP contribution in [-0.4, -0.2) is 35.3 Å². The summed E-state index contributed by atoms with van der Waals surface area (Å²) in [5.74, 6) is 0.0440. The van der Waals surface area contributed by atoms with Gasteiger partial charge >= 0.3 is 0 Å². The predicted molar refractivity (Wildman–Crippen MR) is 61.8 cm³/mol. The maximum absolute atomic E-state index is 11.9. The molecule has 4 heteroatoms. The van der Waals surface area contributed by atoms with Gasteiger partial charge in [0, 0.05) is 18.9 Å². The molecule has 1 unspecified atom stereocenters. The second-order valence-corrected chi connectivity index (χ2v) is 4.74. The fraction of sp³-hybridized carbons (Fsp3) is 0.917. The summed E-state index contributed by atoms with van der Waals surface area (Å²) in [6, 6.07) is 0. The number of Topliss-reactive ketones (excluding diaryl/α,β-unsaturated/α-hetero) is 1. The lowest BCUT2D eigenvalue weighted by Gasteiger charge is -2.15. The number of aliphatic hydroxyl groups is 2. The van der Waals surface area contributed by atoms with Gasteiger partial charge in [0.1, 0.15) is 5.78 Å². The van der Waals surface area contributed by atoms with E-state index in [1.165, 1.54) is 0 Å². The van der Waals surface area contributed by atoms with E-state index in [-0.39, 0.29) is 24.2 Å². The number of hydrogen-bond acceptors (Lipinski definition) is 4. The van der Waals surface area contributed by atoms with Gasteiger partial charge in [0.15, 0.2) is 0 Å². The summed E-state index contributed by atoms with van der Waals surface area (Å²) in [4.78, 5) is 11.9. The molecule has 0 heterocycles. The maximum atomic E-state index is 11.9. The highest BCUT2D eigenvalue weighted by molar-refractivity contribution is 5.81. The summed E-state index contributed by atoms with van der Waals surface area (Å²) < 4.78 is 0. The summed E-state index contributed by atoms with van der Waals surface area (Å²) in [5.41, 5.74) is 5.38. The minimum absolute atomic E-state index is 0.0102. The Labute approximate surface area is 96.8 Å². The molecule has 4 nitrogen and oxygen atoms in total. The molecule has 0 radical (unpaired) electrons. The average molecular weight is 229 g/mol. The van der Waals surface area contributed by atoms with Gasteiger partial charge in [0.05, 0.1) is 6.10 Å². The molecule has 0 aromatic heterocycles. The molecule has 1 fully saturated rings. The molecular formula is C12H23NO3. The Bertz CT molecular complexity index is 220. The van der Waals surface area contributed by atoms with Crippen LogP contribution in [0.4, 0.5) is 0 Å². The van der Waals surface area contributed by atoms with Gasteiger partial charge in [-0.25, -0.2) is 0 Å². The molecule has 16 heavy (non-hydrogen) atoms. The first-order valence-electron chi connectivity index (χ1n) is 6.20. The van der Waals surface area contributed by atoms with E-state index < -0.39 is 6.10 Å². The van der Waals surface area contributed by atoms with Crippen LogP contribution in [-0.2, 0) is 4.79 Å². The van der Waals surface area contributed by atoms with Crippen LogP contribution < -0.4 is 5.73 Å². The lowest BCUT2D eigenvalue weighted by molar-refractivity contribution is -0.124. The van der Waals surface area contributed by atoms with Crippen LogP contribution in [0.15, 0.2) is 0 Å². The van der Waals surface area contributed by atoms with E-state index in [0.717, 1.165) is 19.3 Å². The Kier molecular flexibility index (Phi) is 5.95. The maximum Gasteiger partial charge on any atom is 0.136 e. The third-order valence-electron chi connectivity index (χ3n) is 3.45. The number of unbranched alkanes of at least 4 members (excludes halogenated alkanes) is 2. The zero-order chi connectivity index (χ0) is 12.0. The average Bonchev–Trinajstić information content (AvgIpc) is 2.65. The molecule has 1 rings (SSSR count). The molecule has 1 aliphatic rings. The Hall–Kier alpha value is -0.450. The normalized spacial score (nSPS) is 29.6. The van der Waals surface area contributed by atoms with Crippen molar-refractivity contribution < 1.29 is 15.0 Å². The lowest BCUT2D eigenvalue weighted by atomic mass is 9.90. The molecule has 0 spiro atoms. The molecule has 3 atom stereocenters. The third-order valence-corrected chi connectivity index (χ3v) is 3.45. The van der Waals surface area contributed by atoms with E-state index >= 15 is 0 Å². The SMILES string of the molecule is NCCCCCC(=O)C1C[C@H](O)C[C@H]1CO. The smallest absolute Gasteiger partial charge is 0.136 e. The second kappa shape index (κ2) is 6.99. The van der Waals surface area contributed by atoms with E-state index in [9.17, 15) is 9.90 Å². The Morgan fingerprint density at radius 1 is 1.25 bits per heavy atom. The van der Waals surface area contributed by atoms with Crippen LogP contribution >= 0.6 is 0 Å². The number of ketones is 1. The van der Waals surface area contributed by atoms with Gasteiger partial charge in [0.25, 0.3) is 0 Å². The van der Waals surface area contributed by atoms with E-state index in [4.69, 9.17) is 10.8 Å². The first-order valence-corrected chi connectivity index (χ1v) is 6.20. The number of carbonyl (C=O) groups excluding carboxylic acids is 1. The van der Waals surface area contributed by atoms with Crippen molar-refractivity contribution in [2.45, 2.75) is 44.6 Å². The number of rotatable bonds is 7. The van der Waals surface area contributed by atoms with Crippen molar-refractivity contribution in [1.82, 2.24) is 0 Å². The highest BCUT2D eigenvalue weighted by Gasteiger charge is 2.36. The molecule has 1 aliphatic carbocycles. The van der Waals surface area contributed by atoms with Gasteiger partial charge in [0.2, 0.25) is 0 Å². The molecule has 0 aromatic carbocycles. The first kappa shape index (κ1) is 13.6. The van der Waals surface area contributed by atoms with Gasteiger partial charge in [-0.3, -0.25) is 4.79 Å². The van der Waals surface area contributed by atoms with Crippen LogP contribution in [0, 0.1) is 11.8 Å². The predicted octanol–water partition coefficient (Wildman–Crippen LogP) is 0.454. The quantitative estimate of drug-likeness (QED) is 0.554. The summed E-state index contributed by atoms with van der Waals surface area (Å²) >= 11 is 0. The van der Waals surface area contributed by atoms with Crippen LogP contribution in [0.3, 0.4) is 0 Å². The van der Waals surface area contributed by atoms with Gasteiger partial charge < -0.3 is 15.9 Å². The molecule has 1 saturated carbocycles. The van der Waals surface area contributed by atoms with Crippen LogP contribution in [0.5, 0.6) is 0 Å². The lowest BCUT2D eigenvalue weighted by Crippen LogP contribution is -2.21. The van der Waals surface area contributed by atoms with Gasteiger partial charge in [-0.2, -0.15) is 0 Å². The standard InChI is InChI=1S/C12H23NO3/c13-5-3-1-2-4-12(16)11-7-10(15)6-9(11)8-14/h9-11,14-15H,1-8,13H2/t9-,10+,11?/m0/s1. The molecule has 4 N–H and O–H groups in total. The molecule has 0 aliphatic heterocycles. The van der Waals surface area contributed by atoms with Gasteiger partial charge in [-0.1, -0.05) is 6.42 Å². The van der Waals surface area contributed by atoms with Crippen molar-refractivity contribution >= 4 is 5.78 Å². The molecule has 0 bridgehead atoms. The van der Waals surface area contributed by atoms with Crippen molar-refractivity contribution in [3.05, 3.63) is 0 Å². The molecule has 0 amide bonds. The Morgan fingerprint density at radius 2 is 2.00 bits per heavy atom. The van der Waals surface area contributed by atoms with Crippen LogP contribution in [0.2, 0.25) is 0 Å². The van der Waals surface area contributed by atoms with Crippen LogP contribution in [0.25, 0.3) is 0 Å². The Morgan fingerprint density at radius 3 is 2.62 bits per heavy atom. The molecule has 94 valence electrons. The largest absolute Gasteiger partial charge is 0.396 e. The minimum atomic E-state index is -0.407. The fourth-order valence-corrected chi connectivity index (χ4v) is 2.50. The van der Waals surface area contributed by atoms with E-state index in [1.54, 1.807) is 0 Å². The van der Waals surface area contributed by atoms with E-state index in [0.29, 0.717) is 25.8 Å². The van der Waals surface area contributed by atoms with Crippen molar-refractivity contribution in [2.75, 3.05) is 13.2 Å². The number of carbonyl (C=O) groups is 1. The summed E-state index contributed by atoms with van der Waals surface area (Å²) in [7, 11) is 0. The zero-order valence-electron chi connectivity index (χ0n) is 9.77. The summed E-state index contributed by atoms with van der Waals surface area (Å²) in [5, 5.41) is 18.6. The zero-order valence-corrected chi connectivity index (χ0v) is 9.77. The number of aliphatic hydroxyl groups excluding tert-OH is 2. The fourth-order valence-electron chi connectivity index (χ4n) is 2.50. The second-order valence-electron chi connectivity index (χ2n) is 4.74. The van der Waals surface area contributed by atoms with Gasteiger partial charge in [-0.05, 0) is 38.1 Å². The van der Waals surface area contributed by atoms with Crippen molar-refractivity contribution in [3.63, 3.8) is 0 Å². The number of hydrogen-bond donors (Lipinski definition) is 3. The van der Waals surface area contributed by atoms with Crippen LogP contribution in [0.1, 0.15) is 38.5 Å². The Balaban J connectivity index is 2.29. The van der Waals surface area contributed by atoms with Crippen molar-refractivity contribution in [1.29, 1.82) is 0 Å². The summed E-state index contributed by atoms with van der Waals surface area (Å²) in [6.07, 6.45) is 4.08. The monoisotopic (exact) mass is 229 g/mol. The topological polar surface area (TPSA) is 83.6 Å².